The van der Waals surface area contributed by atoms with Gasteiger partial charge in [-0.25, -0.2) is 0 Å². The van der Waals surface area contributed by atoms with Crippen LogP contribution < -0.4 is 0 Å². The minimum absolute atomic E-state index is 0.0741. The van der Waals surface area contributed by atoms with Crippen molar-refractivity contribution in [2.24, 2.45) is 11.8 Å². The summed E-state index contributed by atoms with van der Waals surface area (Å²) in [5.41, 5.74) is -1.88. The highest BCUT2D eigenvalue weighted by atomic mass is 16.7. The predicted octanol–water partition coefficient (Wildman–Crippen LogP) is 1.30. The summed E-state index contributed by atoms with van der Waals surface area (Å²) >= 11 is 0. The summed E-state index contributed by atoms with van der Waals surface area (Å²) in [6.45, 7) is 3.85. The highest BCUT2D eigenvalue weighted by molar-refractivity contribution is 4.88. The van der Waals surface area contributed by atoms with Gasteiger partial charge in [0.05, 0.1) is 22.7 Å². The molecule has 0 saturated heterocycles. The molecule has 1 saturated carbocycles. The first-order valence-corrected chi connectivity index (χ1v) is 4.19. The molecule has 0 unspecified atom stereocenters. The Morgan fingerprint density at radius 3 is 1.85 bits per heavy atom. The molecule has 6 nitrogen and oxygen atoms in total. The van der Waals surface area contributed by atoms with Gasteiger partial charge >= 0.3 is 5.66 Å². The molecule has 0 N–H and O–H groups in total. The van der Waals surface area contributed by atoms with Gasteiger partial charge in [-0.15, -0.1) is 0 Å². The molecule has 74 valence electrons. The van der Waals surface area contributed by atoms with Crippen molar-refractivity contribution < 1.29 is 9.85 Å². The third-order valence-corrected chi connectivity index (χ3v) is 2.80. The van der Waals surface area contributed by atoms with Crippen LogP contribution in [0.5, 0.6) is 0 Å². The van der Waals surface area contributed by atoms with Gasteiger partial charge in [0.2, 0.25) is 0 Å². The summed E-state index contributed by atoms with van der Waals surface area (Å²) in [5, 5.41) is 21.0. The second-order valence-electron chi connectivity index (χ2n) is 3.91. The fourth-order valence-electron chi connectivity index (χ4n) is 1.62. The third-order valence-electron chi connectivity index (χ3n) is 2.80. The van der Waals surface area contributed by atoms with Crippen LogP contribution in [-0.2, 0) is 0 Å². The molecule has 6 heteroatoms. The largest absolute Gasteiger partial charge is 0.459 e. The third kappa shape index (κ3) is 1.36. The Morgan fingerprint density at radius 1 is 1.23 bits per heavy atom. The molecule has 1 aliphatic carbocycles. The van der Waals surface area contributed by atoms with Gasteiger partial charge in [-0.2, -0.15) is 0 Å². The first-order valence-electron chi connectivity index (χ1n) is 4.19. The van der Waals surface area contributed by atoms with Gasteiger partial charge in [-0.3, -0.25) is 20.2 Å². The first kappa shape index (κ1) is 9.88. The van der Waals surface area contributed by atoms with Crippen LogP contribution in [0.25, 0.3) is 0 Å². The molecule has 1 rings (SSSR count). The van der Waals surface area contributed by atoms with Crippen LogP contribution in [0.1, 0.15) is 26.7 Å². The van der Waals surface area contributed by atoms with Crippen LogP contribution >= 0.6 is 0 Å². The van der Waals surface area contributed by atoms with Crippen LogP contribution in [0.15, 0.2) is 0 Å². The van der Waals surface area contributed by atoms with E-state index in [1.54, 1.807) is 0 Å². The number of nitro groups is 2. The van der Waals surface area contributed by atoms with Gasteiger partial charge in [0.15, 0.2) is 0 Å². The lowest BCUT2D eigenvalue weighted by Crippen LogP contribution is -2.57. The molecule has 0 amide bonds. The Balaban J connectivity index is 2.69. The summed E-state index contributed by atoms with van der Waals surface area (Å²) in [6, 6.07) is 0. The second kappa shape index (κ2) is 2.93. The van der Waals surface area contributed by atoms with Gasteiger partial charge < -0.3 is 0 Å². The van der Waals surface area contributed by atoms with Crippen molar-refractivity contribution in [2.75, 3.05) is 0 Å². The Labute approximate surface area is 75.2 Å². The average Bonchev–Trinajstić information content (AvgIpc) is 1.80. The zero-order valence-electron chi connectivity index (χ0n) is 7.60. The lowest BCUT2D eigenvalue weighted by Gasteiger charge is -2.34. The first-order chi connectivity index (χ1) is 5.90. The van der Waals surface area contributed by atoms with E-state index in [1.165, 1.54) is 0 Å². The average molecular weight is 188 g/mol. The number of hydrogen-bond acceptors (Lipinski definition) is 4. The molecule has 0 aromatic heterocycles. The van der Waals surface area contributed by atoms with Gasteiger partial charge in [0.25, 0.3) is 0 Å². The van der Waals surface area contributed by atoms with E-state index < -0.39 is 15.5 Å². The van der Waals surface area contributed by atoms with Crippen LogP contribution in [0.3, 0.4) is 0 Å². The van der Waals surface area contributed by atoms with Gasteiger partial charge in [-0.1, -0.05) is 13.8 Å². The van der Waals surface area contributed by atoms with Gasteiger partial charge in [-0.05, 0) is 11.8 Å². The van der Waals surface area contributed by atoms with E-state index in [1.807, 2.05) is 13.8 Å². The van der Waals surface area contributed by atoms with Crippen molar-refractivity contribution in [1.82, 2.24) is 0 Å². The SMILES string of the molecule is CC(C)C1CC([N+](=O)[O-])([N+](=O)[O-])C1. The quantitative estimate of drug-likeness (QED) is 0.379. The van der Waals surface area contributed by atoms with Crippen molar-refractivity contribution in [3.63, 3.8) is 0 Å². The smallest absolute Gasteiger partial charge is 0.258 e. The van der Waals surface area contributed by atoms with Crippen LogP contribution in [0.4, 0.5) is 0 Å². The van der Waals surface area contributed by atoms with E-state index in [0.29, 0.717) is 0 Å². The fourth-order valence-corrected chi connectivity index (χ4v) is 1.62. The molecular weight excluding hydrogens is 176 g/mol. The molecule has 0 spiro atoms. The summed E-state index contributed by atoms with van der Waals surface area (Å²) < 4.78 is 0. The number of nitrogens with zero attached hydrogens (tertiary/aromatic N) is 2. The van der Waals surface area contributed by atoms with E-state index in [4.69, 9.17) is 0 Å². The Bertz CT molecular complexity index is 229. The maximum Gasteiger partial charge on any atom is 0.459 e. The zero-order chi connectivity index (χ0) is 10.2. The summed E-state index contributed by atoms with van der Waals surface area (Å²) in [4.78, 5) is 19.4. The molecule has 0 radical (unpaired) electrons. The van der Waals surface area contributed by atoms with E-state index in [9.17, 15) is 20.2 Å². The Kier molecular flexibility index (Phi) is 2.23. The molecule has 0 bridgehead atoms. The summed E-state index contributed by atoms with van der Waals surface area (Å²) in [5.74, 6) is 0.406. The van der Waals surface area contributed by atoms with Crippen molar-refractivity contribution in [3.8, 4) is 0 Å². The second-order valence-corrected chi connectivity index (χ2v) is 3.91. The molecule has 0 atom stereocenters. The molecular formula is C7H12N2O4. The van der Waals surface area contributed by atoms with Crippen molar-refractivity contribution in [3.05, 3.63) is 20.2 Å². The number of hydrogen-bond donors (Lipinski definition) is 0. The Morgan fingerprint density at radius 2 is 1.62 bits per heavy atom. The number of rotatable bonds is 3. The predicted molar refractivity (Wildman–Crippen MR) is 44.3 cm³/mol. The minimum Gasteiger partial charge on any atom is -0.258 e. The van der Waals surface area contributed by atoms with Crippen molar-refractivity contribution in [1.29, 1.82) is 0 Å². The molecule has 0 aromatic carbocycles. The topological polar surface area (TPSA) is 86.3 Å². The van der Waals surface area contributed by atoms with Crippen LogP contribution in [0, 0.1) is 32.1 Å². The highest BCUT2D eigenvalue weighted by Gasteiger charge is 2.66. The molecule has 0 aliphatic heterocycles. The fraction of sp³-hybridized carbons (Fsp3) is 1.00. The molecule has 0 aromatic rings. The maximum absolute atomic E-state index is 10.5. The highest BCUT2D eigenvalue weighted by Crippen LogP contribution is 2.44. The zero-order valence-corrected chi connectivity index (χ0v) is 7.60. The standard InChI is InChI=1S/C7H12N2O4/c1-5(2)6-3-7(4-6,8(10)11)9(12)13/h5-6H,3-4H2,1-2H3. The normalized spacial score (nSPS) is 21.2. The maximum atomic E-state index is 10.5. The molecule has 0 heterocycles. The van der Waals surface area contributed by atoms with Crippen molar-refractivity contribution >= 4 is 0 Å². The van der Waals surface area contributed by atoms with E-state index in [0.717, 1.165) is 0 Å². The monoisotopic (exact) mass is 188 g/mol. The Hall–Kier alpha value is -1.20. The van der Waals surface area contributed by atoms with Gasteiger partial charge in [0, 0.05) is 0 Å². The van der Waals surface area contributed by atoms with Gasteiger partial charge in [0.1, 0.15) is 0 Å². The summed E-state index contributed by atoms with van der Waals surface area (Å²) in [7, 11) is 0. The van der Waals surface area contributed by atoms with Crippen LogP contribution in [0.2, 0.25) is 0 Å². The van der Waals surface area contributed by atoms with E-state index in [-0.39, 0.29) is 24.7 Å². The summed E-state index contributed by atoms with van der Waals surface area (Å²) in [6.07, 6.45) is 0.148. The van der Waals surface area contributed by atoms with Crippen LogP contribution in [-0.4, -0.2) is 15.5 Å². The van der Waals surface area contributed by atoms with E-state index in [2.05, 4.69) is 0 Å². The lowest BCUT2D eigenvalue weighted by molar-refractivity contribution is -0.815. The lowest BCUT2D eigenvalue weighted by atomic mass is 9.69. The molecule has 1 fully saturated rings. The minimum atomic E-state index is -1.88. The van der Waals surface area contributed by atoms with E-state index >= 15 is 0 Å². The molecule has 13 heavy (non-hydrogen) atoms. The molecule has 1 aliphatic rings. The van der Waals surface area contributed by atoms with Crippen molar-refractivity contribution in [2.45, 2.75) is 32.4 Å².